The first-order valence-electron chi connectivity index (χ1n) is 10.2. The van der Waals surface area contributed by atoms with Crippen LogP contribution in [0.2, 0.25) is 0 Å². The molecule has 0 radical (unpaired) electrons. The standard InChI is InChI=1S/C26H21FN2O3/c27-21-13-11-18(12-14-21)22-16-23(19-4-2-1-3-5-19)28-25(22)24(30)15-8-17-6-9-20(10-7-17)26(31)29-32/h1-7,9-14,16,28,32H,8,15H2,(H,29,31). The summed E-state index contributed by atoms with van der Waals surface area (Å²) in [5.41, 5.74) is 6.54. The highest BCUT2D eigenvalue weighted by molar-refractivity contribution is 6.02. The van der Waals surface area contributed by atoms with Crippen LogP contribution in [0.3, 0.4) is 0 Å². The first kappa shape index (κ1) is 21.2. The van der Waals surface area contributed by atoms with Crippen LogP contribution < -0.4 is 5.48 Å². The quantitative estimate of drug-likeness (QED) is 0.209. The Balaban J connectivity index is 1.59. The highest BCUT2D eigenvalue weighted by Crippen LogP contribution is 2.31. The van der Waals surface area contributed by atoms with Gasteiger partial charge in [0.25, 0.3) is 5.91 Å². The van der Waals surface area contributed by atoms with E-state index in [0.29, 0.717) is 17.7 Å². The minimum Gasteiger partial charge on any atom is -0.352 e. The lowest BCUT2D eigenvalue weighted by molar-refractivity contribution is 0.0706. The van der Waals surface area contributed by atoms with Crippen LogP contribution in [0.5, 0.6) is 0 Å². The van der Waals surface area contributed by atoms with Gasteiger partial charge in [-0.15, -0.1) is 0 Å². The van der Waals surface area contributed by atoms with E-state index in [9.17, 15) is 14.0 Å². The first-order valence-corrected chi connectivity index (χ1v) is 10.2. The molecule has 0 aliphatic heterocycles. The Kier molecular flexibility index (Phi) is 6.24. The van der Waals surface area contributed by atoms with Crippen LogP contribution in [-0.2, 0) is 6.42 Å². The lowest BCUT2D eigenvalue weighted by Crippen LogP contribution is -2.18. The molecule has 160 valence electrons. The van der Waals surface area contributed by atoms with E-state index in [2.05, 4.69) is 4.98 Å². The molecule has 5 nitrogen and oxygen atoms in total. The van der Waals surface area contributed by atoms with Crippen LogP contribution in [-0.4, -0.2) is 21.9 Å². The molecule has 32 heavy (non-hydrogen) atoms. The summed E-state index contributed by atoms with van der Waals surface area (Å²) >= 11 is 0. The summed E-state index contributed by atoms with van der Waals surface area (Å²) in [6.07, 6.45) is 0.747. The number of hydrogen-bond donors (Lipinski definition) is 3. The van der Waals surface area contributed by atoms with Crippen LogP contribution >= 0.6 is 0 Å². The van der Waals surface area contributed by atoms with Crippen LogP contribution in [0.25, 0.3) is 22.4 Å². The Morgan fingerprint density at radius 2 is 1.56 bits per heavy atom. The molecule has 1 heterocycles. The van der Waals surface area contributed by atoms with E-state index in [-0.39, 0.29) is 18.0 Å². The second-order valence-corrected chi connectivity index (χ2v) is 7.41. The topological polar surface area (TPSA) is 82.2 Å². The van der Waals surface area contributed by atoms with Gasteiger partial charge in [0.1, 0.15) is 5.82 Å². The van der Waals surface area contributed by atoms with E-state index in [0.717, 1.165) is 27.9 Å². The monoisotopic (exact) mass is 428 g/mol. The summed E-state index contributed by atoms with van der Waals surface area (Å²) in [4.78, 5) is 27.8. The molecule has 0 saturated heterocycles. The van der Waals surface area contributed by atoms with Crippen LogP contribution in [0, 0.1) is 5.82 Å². The molecule has 6 heteroatoms. The summed E-state index contributed by atoms with van der Waals surface area (Å²) in [6.45, 7) is 0. The fraction of sp³-hybridized carbons (Fsp3) is 0.0769. The molecule has 0 fully saturated rings. The Hall–Kier alpha value is -4.03. The number of aryl methyl sites for hydroxylation is 1. The number of hydroxylamine groups is 1. The predicted molar refractivity (Wildman–Crippen MR) is 120 cm³/mol. The number of nitrogens with one attached hydrogen (secondary N) is 2. The third-order valence-electron chi connectivity index (χ3n) is 5.29. The largest absolute Gasteiger partial charge is 0.352 e. The molecule has 0 aliphatic rings. The average Bonchev–Trinajstić information content (AvgIpc) is 3.29. The van der Waals surface area contributed by atoms with Crippen molar-refractivity contribution >= 4 is 11.7 Å². The zero-order valence-corrected chi connectivity index (χ0v) is 17.1. The number of aromatic amines is 1. The minimum atomic E-state index is -0.587. The van der Waals surface area contributed by atoms with Crippen molar-refractivity contribution in [3.8, 4) is 22.4 Å². The van der Waals surface area contributed by atoms with Crippen molar-refractivity contribution in [1.29, 1.82) is 0 Å². The van der Waals surface area contributed by atoms with E-state index in [1.807, 2.05) is 36.4 Å². The molecule has 0 spiro atoms. The molecule has 0 atom stereocenters. The third kappa shape index (κ3) is 4.66. The Bertz CT molecular complexity index is 1230. The molecule has 1 amide bonds. The summed E-state index contributed by atoms with van der Waals surface area (Å²) in [7, 11) is 0. The maximum Gasteiger partial charge on any atom is 0.274 e. The van der Waals surface area contributed by atoms with Crippen LogP contribution in [0.15, 0.2) is 84.9 Å². The normalized spacial score (nSPS) is 10.7. The summed E-state index contributed by atoms with van der Waals surface area (Å²) in [6, 6.07) is 24.4. The second-order valence-electron chi connectivity index (χ2n) is 7.41. The molecule has 0 aliphatic carbocycles. The smallest absolute Gasteiger partial charge is 0.274 e. The Labute approximate surface area is 184 Å². The summed E-state index contributed by atoms with van der Waals surface area (Å²) < 4.78 is 13.4. The van der Waals surface area contributed by atoms with Crippen LogP contribution in [0.1, 0.15) is 32.8 Å². The van der Waals surface area contributed by atoms with Gasteiger partial charge in [-0.2, -0.15) is 0 Å². The molecule has 3 aromatic carbocycles. The zero-order valence-electron chi connectivity index (χ0n) is 17.1. The van der Waals surface area contributed by atoms with Crippen molar-refractivity contribution in [2.45, 2.75) is 12.8 Å². The third-order valence-corrected chi connectivity index (χ3v) is 5.29. The lowest BCUT2D eigenvalue weighted by Gasteiger charge is -2.05. The molecule has 0 saturated carbocycles. The van der Waals surface area contributed by atoms with Crippen molar-refractivity contribution < 1.29 is 19.2 Å². The van der Waals surface area contributed by atoms with Crippen molar-refractivity contribution in [3.63, 3.8) is 0 Å². The number of halogens is 1. The van der Waals surface area contributed by atoms with Gasteiger partial charge in [-0.1, -0.05) is 54.6 Å². The van der Waals surface area contributed by atoms with Crippen molar-refractivity contribution in [3.05, 3.63) is 108 Å². The van der Waals surface area contributed by atoms with Crippen molar-refractivity contribution in [1.82, 2.24) is 10.5 Å². The molecule has 3 N–H and O–H groups in total. The lowest BCUT2D eigenvalue weighted by atomic mass is 9.99. The minimum absolute atomic E-state index is 0.0660. The van der Waals surface area contributed by atoms with E-state index < -0.39 is 5.91 Å². The second kappa shape index (κ2) is 9.41. The SMILES string of the molecule is O=C(NO)c1ccc(CCC(=O)c2[nH]c(-c3ccccc3)cc2-c2ccc(F)cc2)cc1. The maximum atomic E-state index is 13.4. The van der Waals surface area contributed by atoms with Crippen molar-refractivity contribution in [2.24, 2.45) is 0 Å². The number of hydrogen-bond acceptors (Lipinski definition) is 3. The fourth-order valence-corrected chi connectivity index (χ4v) is 3.58. The van der Waals surface area contributed by atoms with Gasteiger partial charge in [-0.25, -0.2) is 9.87 Å². The summed E-state index contributed by atoms with van der Waals surface area (Å²) in [5.74, 6) is -0.987. The van der Waals surface area contributed by atoms with E-state index >= 15 is 0 Å². The number of aromatic nitrogens is 1. The maximum absolute atomic E-state index is 13.4. The van der Waals surface area contributed by atoms with Gasteiger partial charge in [-0.05, 0) is 53.4 Å². The van der Waals surface area contributed by atoms with Gasteiger partial charge in [0.2, 0.25) is 0 Å². The number of Topliss-reactive ketones (excluding diaryl/α,β-unsaturated/α-hetero) is 1. The molecule has 4 aromatic rings. The average molecular weight is 428 g/mol. The number of H-pyrrole nitrogens is 1. The number of carbonyl (C=O) groups excluding carboxylic acids is 2. The highest BCUT2D eigenvalue weighted by Gasteiger charge is 2.18. The molecule has 0 bridgehead atoms. The molecule has 4 rings (SSSR count). The molecular formula is C26H21FN2O3. The number of rotatable bonds is 7. The predicted octanol–water partition coefficient (Wildman–Crippen LogP) is 5.42. The fourth-order valence-electron chi connectivity index (χ4n) is 3.58. The zero-order chi connectivity index (χ0) is 22.5. The Morgan fingerprint density at radius 1 is 0.875 bits per heavy atom. The number of amides is 1. The molecular weight excluding hydrogens is 407 g/mol. The van der Waals surface area contributed by atoms with Crippen molar-refractivity contribution in [2.75, 3.05) is 0 Å². The van der Waals surface area contributed by atoms with Gasteiger partial charge >= 0.3 is 0 Å². The van der Waals surface area contributed by atoms with Gasteiger partial charge in [0, 0.05) is 23.2 Å². The first-order chi connectivity index (χ1) is 15.5. The number of ketones is 1. The number of carbonyl (C=O) groups is 2. The van der Waals surface area contributed by atoms with Gasteiger partial charge < -0.3 is 4.98 Å². The van der Waals surface area contributed by atoms with Gasteiger partial charge in [0.05, 0.1) is 5.69 Å². The molecule has 1 aromatic heterocycles. The summed E-state index contributed by atoms with van der Waals surface area (Å²) in [5, 5.41) is 8.71. The van der Waals surface area contributed by atoms with Gasteiger partial charge in [0.15, 0.2) is 5.78 Å². The van der Waals surface area contributed by atoms with Crippen LogP contribution in [0.4, 0.5) is 4.39 Å². The van der Waals surface area contributed by atoms with E-state index in [1.54, 1.807) is 41.9 Å². The van der Waals surface area contributed by atoms with E-state index in [1.165, 1.54) is 12.1 Å². The highest BCUT2D eigenvalue weighted by atomic mass is 19.1. The Morgan fingerprint density at radius 3 is 2.22 bits per heavy atom. The molecule has 0 unspecified atom stereocenters. The number of benzene rings is 3. The van der Waals surface area contributed by atoms with E-state index in [4.69, 9.17) is 5.21 Å². The van der Waals surface area contributed by atoms with Gasteiger partial charge in [-0.3, -0.25) is 14.8 Å².